The Morgan fingerprint density at radius 3 is 2.15 bits per heavy atom. The Balaban J connectivity index is 1.32. The van der Waals surface area contributed by atoms with E-state index in [0.29, 0.717) is 34.0 Å². The van der Waals surface area contributed by atoms with Gasteiger partial charge in [-0.3, -0.25) is 0 Å². The second-order valence-corrected chi connectivity index (χ2v) is 20.1. The van der Waals surface area contributed by atoms with Gasteiger partial charge in [0.2, 0.25) is 0 Å². The van der Waals surface area contributed by atoms with Gasteiger partial charge in [-0.25, -0.2) is 0 Å². The third-order valence-electron chi connectivity index (χ3n) is 17.3. The van der Waals surface area contributed by atoms with E-state index in [1.54, 1.807) is 0 Å². The van der Waals surface area contributed by atoms with Gasteiger partial charge in [0.15, 0.2) is 0 Å². The van der Waals surface area contributed by atoms with Crippen molar-refractivity contribution in [2.75, 3.05) is 18.0 Å². The number of thiol groups is 1. The molecule has 260 valence electrons. The molecule has 6 rings (SSSR count). The van der Waals surface area contributed by atoms with Crippen LogP contribution in [0, 0.1) is 82.3 Å². The molecule has 0 spiro atoms. The maximum atomic E-state index is 12.3. The predicted molar refractivity (Wildman–Crippen MR) is 201 cm³/mol. The molecule has 0 heterocycles. The molecule has 0 bridgehead atoms. The first-order valence-corrected chi connectivity index (χ1v) is 20.2. The zero-order valence-electron chi connectivity index (χ0n) is 31.8. The molecule has 1 N–H and O–H groups in total. The molecule has 0 aromatic heterocycles. The van der Waals surface area contributed by atoms with Crippen molar-refractivity contribution in [2.24, 2.45) is 68.5 Å². The topological polar surface area (TPSA) is 23.5 Å². The highest BCUT2D eigenvalue weighted by Gasteiger charge is 2.72. The molecule has 13 atom stereocenters. The quantitative estimate of drug-likeness (QED) is 0.300. The molecule has 0 saturated heterocycles. The van der Waals surface area contributed by atoms with E-state index >= 15 is 0 Å². The van der Waals surface area contributed by atoms with Crippen LogP contribution in [0.1, 0.15) is 138 Å². The molecular weight excluding hydrogens is 579 g/mol. The molecule has 2 nitrogen and oxygen atoms in total. The van der Waals surface area contributed by atoms with E-state index in [0.717, 1.165) is 49.6 Å². The van der Waals surface area contributed by atoms with Crippen molar-refractivity contribution in [3.63, 3.8) is 0 Å². The zero-order valence-corrected chi connectivity index (χ0v) is 32.6. The largest absolute Gasteiger partial charge is 0.392 e. The molecule has 5 saturated carbocycles. The molecule has 5 fully saturated rings. The van der Waals surface area contributed by atoms with Crippen molar-refractivity contribution >= 4 is 18.3 Å². The van der Waals surface area contributed by atoms with Crippen molar-refractivity contribution in [1.82, 2.24) is 0 Å². The average Bonchev–Trinajstić information content (AvgIpc) is 2.98. The summed E-state index contributed by atoms with van der Waals surface area (Å²) in [6, 6.07) is 6.98. The normalized spacial score (nSPS) is 48.1. The number of rotatable bonds is 6. The lowest BCUT2D eigenvalue weighted by atomic mass is 9.30. The highest BCUT2D eigenvalue weighted by atomic mass is 32.1. The van der Waals surface area contributed by atoms with Gasteiger partial charge in [-0.2, -0.15) is 12.6 Å². The summed E-state index contributed by atoms with van der Waals surface area (Å²) in [5.74, 6) is 4.99. The molecule has 46 heavy (non-hydrogen) atoms. The minimum Gasteiger partial charge on any atom is -0.392 e. The van der Waals surface area contributed by atoms with Crippen LogP contribution in [-0.2, 0) is 0 Å². The van der Waals surface area contributed by atoms with Crippen molar-refractivity contribution in [3.8, 4) is 0 Å². The first-order chi connectivity index (χ1) is 21.5. The summed E-state index contributed by atoms with van der Waals surface area (Å²) < 4.78 is 0. The summed E-state index contributed by atoms with van der Waals surface area (Å²) in [6.45, 7) is 29.8. The van der Waals surface area contributed by atoms with Crippen molar-refractivity contribution in [1.29, 1.82) is 0 Å². The highest BCUT2D eigenvalue weighted by Crippen LogP contribution is 2.78. The Kier molecular flexibility index (Phi) is 9.16. The Labute approximate surface area is 290 Å². The highest BCUT2D eigenvalue weighted by molar-refractivity contribution is 7.81. The van der Waals surface area contributed by atoms with E-state index in [2.05, 4.69) is 99.3 Å². The first-order valence-electron chi connectivity index (χ1n) is 19.6. The minimum absolute atomic E-state index is 0.0276. The van der Waals surface area contributed by atoms with E-state index < -0.39 is 0 Å². The second-order valence-electron chi connectivity index (χ2n) is 19.5. The molecule has 0 radical (unpaired) electrons. The third kappa shape index (κ3) is 5.02. The number of anilines is 1. The molecule has 5 aliphatic carbocycles. The van der Waals surface area contributed by atoms with Gasteiger partial charge < -0.3 is 10.0 Å². The zero-order chi connectivity index (χ0) is 33.6. The van der Waals surface area contributed by atoms with Crippen LogP contribution in [0.2, 0.25) is 0 Å². The van der Waals surface area contributed by atoms with Crippen molar-refractivity contribution in [2.45, 2.75) is 152 Å². The molecule has 1 aromatic rings. The van der Waals surface area contributed by atoms with Gasteiger partial charge in [0.05, 0.1) is 6.10 Å². The maximum Gasteiger partial charge on any atom is 0.0695 e. The van der Waals surface area contributed by atoms with Crippen LogP contribution in [-0.4, -0.2) is 29.5 Å². The Hall–Kier alpha value is -0.670. The van der Waals surface area contributed by atoms with Crippen molar-refractivity contribution < 1.29 is 5.11 Å². The number of fused-ring (bicyclic) bond motifs is 7. The van der Waals surface area contributed by atoms with E-state index in [1.165, 1.54) is 68.2 Å². The minimum atomic E-state index is -0.349. The summed E-state index contributed by atoms with van der Waals surface area (Å²) in [5.41, 5.74) is 5.45. The van der Waals surface area contributed by atoms with E-state index in [4.69, 9.17) is 12.6 Å². The molecule has 3 unspecified atom stereocenters. The number of hydrogen-bond donors (Lipinski definition) is 2. The van der Waals surface area contributed by atoms with Gasteiger partial charge in [0.25, 0.3) is 0 Å². The van der Waals surface area contributed by atoms with Crippen LogP contribution in [0.15, 0.2) is 18.2 Å². The summed E-state index contributed by atoms with van der Waals surface area (Å²) >= 11 is 5.26. The fraction of sp³-hybridized carbons (Fsp3) is 0.860. The fourth-order valence-electron chi connectivity index (χ4n) is 14.5. The first kappa shape index (κ1) is 35.2. The third-order valence-corrected chi connectivity index (χ3v) is 18.3. The van der Waals surface area contributed by atoms with Gasteiger partial charge >= 0.3 is 0 Å². The molecule has 1 aromatic carbocycles. The lowest BCUT2D eigenvalue weighted by molar-refractivity contribution is -0.269. The summed E-state index contributed by atoms with van der Waals surface area (Å²) in [6.07, 6.45) is 13.0. The predicted octanol–water partition coefficient (Wildman–Crippen LogP) is 11.2. The van der Waals surface area contributed by atoms with Gasteiger partial charge in [0.1, 0.15) is 0 Å². The standard InChI is InChI=1S/C43H71NOS/c1-12-44(31-25-27(2)24-28(3)26-31)23-13-14-33-37(45)38(46)39(6,7)34-18-20-42(10)35(43(33,34)11)16-15-32-36-30(5)29(4)17-19-40(36,8)21-22-41(32,42)9/h24-26,29-30,32-38,45-46H,12-23H2,1-11H3/t29-,30+,32-,33?,34+,35+,36+,37?,38?,40-,41-,42-,43+/m1/s1. The molecular formula is C43H71NOS. The lowest BCUT2D eigenvalue weighted by Crippen LogP contribution is -2.70. The molecule has 5 aliphatic rings. The van der Waals surface area contributed by atoms with Crippen LogP contribution < -0.4 is 4.90 Å². The van der Waals surface area contributed by atoms with Crippen LogP contribution in [0.5, 0.6) is 0 Å². The summed E-state index contributed by atoms with van der Waals surface area (Å²) in [5, 5.41) is 12.4. The number of aliphatic hydroxyl groups is 1. The maximum absolute atomic E-state index is 12.3. The number of aliphatic hydroxyl groups excluding tert-OH is 1. The molecule has 0 amide bonds. The average molecular weight is 650 g/mol. The number of nitrogens with zero attached hydrogens (tertiary/aromatic N) is 1. The van der Waals surface area contributed by atoms with Gasteiger partial charge in [0, 0.05) is 24.0 Å². The van der Waals surface area contributed by atoms with Crippen LogP contribution in [0.3, 0.4) is 0 Å². The Morgan fingerprint density at radius 2 is 1.50 bits per heavy atom. The molecule has 3 heteroatoms. The monoisotopic (exact) mass is 650 g/mol. The summed E-state index contributed by atoms with van der Waals surface area (Å²) in [7, 11) is 0. The Morgan fingerprint density at radius 1 is 0.826 bits per heavy atom. The number of benzene rings is 1. The fourth-order valence-corrected chi connectivity index (χ4v) is 14.9. The van der Waals surface area contributed by atoms with Crippen LogP contribution in [0.25, 0.3) is 0 Å². The number of aryl methyl sites for hydroxylation is 2. The second kappa shape index (κ2) is 12.0. The van der Waals surface area contributed by atoms with E-state index in [-0.39, 0.29) is 22.2 Å². The van der Waals surface area contributed by atoms with Crippen LogP contribution >= 0.6 is 12.6 Å². The molecule has 0 aliphatic heterocycles. The van der Waals surface area contributed by atoms with Gasteiger partial charge in [-0.05, 0) is 177 Å². The SMILES string of the molecule is CCN(CCCC1C(O)C(S)C(C)(C)[C@@H]2CC[C@]3(C)[C@H](CC[C@@H]4[C@@H]5[C@@H](C)[C@H](C)CC[C@]5(C)CC[C@]43C)[C@@]12C)c1cc(C)cc(C)c1. The van der Waals surface area contributed by atoms with Crippen LogP contribution in [0.4, 0.5) is 5.69 Å². The smallest absolute Gasteiger partial charge is 0.0695 e. The van der Waals surface area contributed by atoms with Crippen molar-refractivity contribution in [3.05, 3.63) is 29.3 Å². The lowest BCUT2D eigenvalue weighted by Gasteiger charge is -2.75. The van der Waals surface area contributed by atoms with Gasteiger partial charge in [-0.1, -0.05) is 61.5 Å². The number of hydrogen-bond acceptors (Lipinski definition) is 3. The summed E-state index contributed by atoms with van der Waals surface area (Å²) in [4.78, 5) is 2.57. The van der Waals surface area contributed by atoms with E-state index in [9.17, 15) is 5.11 Å². The Bertz CT molecular complexity index is 1250. The van der Waals surface area contributed by atoms with E-state index in [1.807, 2.05) is 0 Å². The van der Waals surface area contributed by atoms with Gasteiger partial charge in [-0.15, -0.1) is 0 Å².